The number of nitrogens with one attached hydrogen (secondary N) is 1. The van der Waals surface area contributed by atoms with Crippen LogP contribution in [0.1, 0.15) is 47.8 Å². The first kappa shape index (κ1) is 13.6. The van der Waals surface area contributed by atoms with Crippen LogP contribution in [0.15, 0.2) is 6.20 Å². The van der Waals surface area contributed by atoms with Crippen molar-refractivity contribution in [2.45, 2.75) is 39.2 Å². The van der Waals surface area contributed by atoms with Crippen LogP contribution in [0.25, 0.3) is 0 Å². The van der Waals surface area contributed by atoms with E-state index in [4.69, 9.17) is 5.11 Å². The van der Waals surface area contributed by atoms with Crippen molar-refractivity contribution >= 4 is 23.2 Å². The molecule has 0 saturated carbocycles. The summed E-state index contributed by atoms with van der Waals surface area (Å²) in [5.74, 6) is -0.897. The van der Waals surface area contributed by atoms with Crippen LogP contribution >= 0.6 is 11.3 Å². The molecule has 5 nitrogen and oxygen atoms in total. The molecule has 2 N–H and O–H groups in total. The Labute approximate surface area is 104 Å². The van der Waals surface area contributed by atoms with Crippen molar-refractivity contribution in [2.75, 3.05) is 0 Å². The lowest BCUT2D eigenvalue weighted by molar-refractivity contribution is -0.137. The monoisotopic (exact) mass is 256 g/mol. The molecule has 1 unspecified atom stereocenters. The van der Waals surface area contributed by atoms with E-state index in [1.807, 2.05) is 13.8 Å². The number of thiazole rings is 1. The van der Waals surface area contributed by atoms with E-state index >= 15 is 0 Å². The van der Waals surface area contributed by atoms with Gasteiger partial charge in [-0.3, -0.25) is 9.59 Å². The molecule has 1 aromatic heterocycles. The van der Waals surface area contributed by atoms with Gasteiger partial charge in [-0.05, 0) is 6.92 Å². The van der Waals surface area contributed by atoms with Crippen molar-refractivity contribution in [3.05, 3.63) is 16.1 Å². The van der Waals surface area contributed by atoms with Crippen LogP contribution in [-0.2, 0) is 4.79 Å². The van der Waals surface area contributed by atoms with Crippen LogP contribution in [0.4, 0.5) is 0 Å². The molecule has 0 bridgehead atoms. The third kappa shape index (κ3) is 4.14. The minimum Gasteiger partial charge on any atom is -0.481 e. The van der Waals surface area contributed by atoms with E-state index in [9.17, 15) is 9.59 Å². The maximum Gasteiger partial charge on any atom is 0.305 e. The zero-order chi connectivity index (χ0) is 13.0. The zero-order valence-corrected chi connectivity index (χ0v) is 10.9. The van der Waals surface area contributed by atoms with Gasteiger partial charge < -0.3 is 10.4 Å². The summed E-state index contributed by atoms with van der Waals surface area (Å²) in [7, 11) is 0. The highest BCUT2D eigenvalue weighted by molar-refractivity contribution is 7.13. The summed E-state index contributed by atoms with van der Waals surface area (Å²) in [5.41, 5.74) is 0. The molecule has 1 amide bonds. The number of aromatic nitrogens is 1. The summed E-state index contributed by atoms with van der Waals surface area (Å²) in [5, 5.41) is 12.1. The number of carbonyl (C=O) groups is 2. The van der Waals surface area contributed by atoms with Crippen molar-refractivity contribution < 1.29 is 14.7 Å². The minimum absolute atomic E-state index is 0.0818. The second-order valence-corrected chi connectivity index (χ2v) is 5.25. The average Bonchev–Trinajstić information content (AvgIpc) is 2.64. The number of hydrogen-bond acceptors (Lipinski definition) is 4. The van der Waals surface area contributed by atoms with Crippen molar-refractivity contribution in [2.24, 2.45) is 0 Å². The molecule has 17 heavy (non-hydrogen) atoms. The molecule has 0 aliphatic heterocycles. The standard InChI is InChI=1S/C11H16N2O3S/c1-6(2)11-12-5-8(17-11)10(16)13-7(3)4-9(14)15/h5-7H,4H2,1-3H3,(H,13,16)(H,14,15). The Hall–Kier alpha value is -1.43. The largest absolute Gasteiger partial charge is 0.481 e. The molecular formula is C11H16N2O3S. The van der Waals surface area contributed by atoms with E-state index in [0.29, 0.717) is 4.88 Å². The van der Waals surface area contributed by atoms with Gasteiger partial charge in [-0.15, -0.1) is 11.3 Å². The summed E-state index contributed by atoms with van der Waals surface area (Å²) in [4.78, 5) is 26.9. The Balaban J connectivity index is 2.60. The Kier molecular flexibility index (Phi) is 4.62. The van der Waals surface area contributed by atoms with Crippen molar-refractivity contribution in [3.8, 4) is 0 Å². The van der Waals surface area contributed by atoms with E-state index < -0.39 is 5.97 Å². The normalized spacial score (nSPS) is 12.5. The van der Waals surface area contributed by atoms with Crippen LogP contribution in [0.3, 0.4) is 0 Å². The lowest BCUT2D eigenvalue weighted by Gasteiger charge is -2.09. The highest BCUT2D eigenvalue weighted by Crippen LogP contribution is 2.20. The molecule has 0 aliphatic rings. The molecule has 0 fully saturated rings. The lowest BCUT2D eigenvalue weighted by atomic mass is 10.2. The number of nitrogens with zero attached hydrogens (tertiary/aromatic N) is 1. The third-order valence-electron chi connectivity index (χ3n) is 2.10. The van der Waals surface area contributed by atoms with Gasteiger partial charge in [0.05, 0.1) is 17.6 Å². The van der Waals surface area contributed by atoms with E-state index in [0.717, 1.165) is 5.01 Å². The van der Waals surface area contributed by atoms with Crippen molar-refractivity contribution in [1.29, 1.82) is 0 Å². The van der Waals surface area contributed by atoms with Gasteiger partial charge in [-0.2, -0.15) is 0 Å². The Bertz CT molecular complexity index is 415. The molecule has 0 spiro atoms. The number of aliphatic carboxylic acids is 1. The van der Waals surface area contributed by atoms with Crippen LogP contribution in [0.2, 0.25) is 0 Å². The first-order chi connectivity index (χ1) is 7.90. The van der Waals surface area contributed by atoms with Gasteiger partial charge in [0.2, 0.25) is 0 Å². The van der Waals surface area contributed by atoms with Gasteiger partial charge in [-0.1, -0.05) is 13.8 Å². The second-order valence-electron chi connectivity index (χ2n) is 4.19. The fourth-order valence-electron chi connectivity index (χ4n) is 1.27. The van der Waals surface area contributed by atoms with Crippen LogP contribution < -0.4 is 5.32 Å². The molecule has 0 aliphatic carbocycles. The number of carboxylic acids is 1. The molecule has 6 heteroatoms. The van der Waals surface area contributed by atoms with E-state index in [-0.39, 0.29) is 24.3 Å². The van der Waals surface area contributed by atoms with Gasteiger partial charge in [0, 0.05) is 12.0 Å². The summed E-state index contributed by atoms with van der Waals surface area (Å²) < 4.78 is 0. The highest BCUT2D eigenvalue weighted by Gasteiger charge is 2.15. The molecule has 0 aromatic carbocycles. The fraction of sp³-hybridized carbons (Fsp3) is 0.545. The number of carbonyl (C=O) groups excluding carboxylic acids is 1. The van der Waals surface area contributed by atoms with Gasteiger partial charge in [0.15, 0.2) is 0 Å². The quantitative estimate of drug-likeness (QED) is 0.842. The summed E-state index contributed by atoms with van der Waals surface area (Å²) >= 11 is 1.34. The van der Waals surface area contributed by atoms with Crippen LogP contribution in [-0.4, -0.2) is 28.0 Å². The van der Waals surface area contributed by atoms with Crippen molar-refractivity contribution in [3.63, 3.8) is 0 Å². The average molecular weight is 256 g/mol. The lowest BCUT2D eigenvalue weighted by Crippen LogP contribution is -2.33. The van der Waals surface area contributed by atoms with Gasteiger partial charge in [-0.25, -0.2) is 4.98 Å². The van der Waals surface area contributed by atoms with Crippen LogP contribution in [0.5, 0.6) is 0 Å². The van der Waals surface area contributed by atoms with Gasteiger partial charge in [0.1, 0.15) is 4.88 Å². The predicted molar refractivity (Wildman–Crippen MR) is 65.4 cm³/mol. The Morgan fingerprint density at radius 3 is 2.59 bits per heavy atom. The maximum absolute atomic E-state index is 11.7. The van der Waals surface area contributed by atoms with Crippen LogP contribution in [0, 0.1) is 0 Å². The Morgan fingerprint density at radius 2 is 2.12 bits per heavy atom. The molecule has 1 heterocycles. The fourth-order valence-corrected chi connectivity index (χ4v) is 2.09. The number of amides is 1. The molecule has 1 aromatic rings. The molecule has 94 valence electrons. The van der Waals surface area contributed by atoms with E-state index in [1.54, 1.807) is 6.92 Å². The molecular weight excluding hydrogens is 240 g/mol. The highest BCUT2D eigenvalue weighted by atomic mass is 32.1. The molecule has 1 rings (SSSR count). The van der Waals surface area contributed by atoms with E-state index in [2.05, 4.69) is 10.3 Å². The minimum atomic E-state index is -0.926. The SMILES string of the molecule is CC(CC(=O)O)NC(=O)c1cnc(C(C)C)s1. The van der Waals surface area contributed by atoms with Crippen molar-refractivity contribution in [1.82, 2.24) is 10.3 Å². The second kappa shape index (κ2) is 5.77. The summed E-state index contributed by atoms with van der Waals surface area (Å²) in [6, 6.07) is -0.385. The number of rotatable bonds is 5. The number of carboxylic acid groups (broad SMARTS) is 1. The first-order valence-corrected chi connectivity index (χ1v) is 6.20. The third-order valence-corrected chi connectivity index (χ3v) is 3.40. The molecule has 0 radical (unpaired) electrons. The predicted octanol–water partition coefficient (Wildman–Crippen LogP) is 1.86. The molecule has 1 atom stereocenters. The van der Waals surface area contributed by atoms with Gasteiger partial charge >= 0.3 is 5.97 Å². The first-order valence-electron chi connectivity index (χ1n) is 5.38. The number of hydrogen-bond donors (Lipinski definition) is 2. The molecule has 0 saturated heterocycles. The topological polar surface area (TPSA) is 79.3 Å². The smallest absolute Gasteiger partial charge is 0.305 e. The van der Waals surface area contributed by atoms with E-state index in [1.165, 1.54) is 17.5 Å². The summed E-state index contributed by atoms with van der Waals surface area (Å²) in [6.45, 7) is 5.68. The Morgan fingerprint density at radius 1 is 1.47 bits per heavy atom. The van der Waals surface area contributed by atoms with Gasteiger partial charge in [0.25, 0.3) is 5.91 Å². The zero-order valence-electron chi connectivity index (χ0n) is 10.1. The maximum atomic E-state index is 11.7. The summed E-state index contributed by atoms with van der Waals surface area (Å²) in [6.07, 6.45) is 1.45.